The zero-order chi connectivity index (χ0) is 27.9. The topological polar surface area (TPSA) is 124 Å². The molecule has 0 amide bonds. The molecule has 5 rings (SSSR count). The number of hydrogen-bond donors (Lipinski definition) is 1. The highest BCUT2D eigenvalue weighted by atomic mass is 32.2. The van der Waals surface area contributed by atoms with Crippen molar-refractivity contribution in [3.63, 3.8) is 0 Å². The lowest BCUT2D eigenvalue weighted by atomic mass is 9.87. The molecule has 2 aliphatic rings. The summed E-state index contributed by atoms with van der Waals surface area (Å²) in [6.07, 6.45) is 0. The van der Waals surface area contributed by atoms with E-state index in [4.69, 9.17) is 24.7 Å². The van der Waals surface area contributed by atoms with Gasteiger partial charge in [0.2, 0.25) is 11.6 Å². The molecule has 0 saturated carbocycles. The Morgan fingerprint density at radius 1 is 1.00 bits per heavy atom. The third kappa shape index (κ3) is 4.21. The number of allylic oxidation sites excluding steroid dienone is 2. The lowest BCUT2D eigenvalue weighted by molar-refractivity contribution is 0.323. The Hall–Kier alpha value is -4.62. The second-order valence-corrected chi connectivity index (χ2v) is 10.9. The predicted molar refractivity (Wildman–Crippen MR) is 146 cm³/mol. The Morgan fingerprint density at radius 2 is 1.64 bits per heavy atom. The maximum Gasteiger partial charge on any atom is 0.265 e. The van der Waals surface area contributed by atoms with Crippen LogP contribution in [0.2, 0.25) is 0 Å². The van der Waals surface area contributed by atoms with Gasteiger partial charge in [0, 0.05) is 5.56 Å². The standard InChI is InChI=1S/C29H27N3O6S/c1-17-9-11-18(12-10-17)16-32-22-8-6-5-7-20(22)26-28(39(32,33)34)25(21(15-30)29(31)38-26)19-13-23(35-2)27(37-4)24(14-19)36-3/h5-14,25H,16,31H2,1-4H3. The summed E-state index contributed by atoms with van der Waals surface area (Å²) in [5, 5.41) is 10.1. The Bertz CT molecular complexity index is 1640. The van der Waals surface area contributed by atoms with Gasteiger partial charge in [-0.2, -0.15) is 5.26 Å². The summed E-state index contributed by atoms with van der Waals surface area (Å²) in [6, 6.07) is 20.0. The van der Waals surface area contributed by atoms with Crippen molar-refractivity contribution in [1.82, 2.24) is 0 Å². The molecular weight excluding hydrogens is 518 g/mol. The first-order valence-electron chi connectivity index (χ1n) is 12.0. The summed E-state index contributed by atoms with van der Waals surface area (Å²) < 4.78 is 52.7. The minimum atomic E-state index is -4.23. The molecular formula is C29H27N3O6S. The fourth-order valence-electron chi connectivity index (χ4n) is 4.94. The minimum Gasteiger partial charge on any atom is -0.493 e. The van der Waals surface area contributed by atoms with Crippen LogP contribution >= 0.6 is 0 Å². The first-order valence-corrected chi connectivity index (χ1v) is 13.5. The van der Waals surface area contributed by atoms with E-state index in [1.165, 1.54) is 25.6 Å². The first-order chi connectivity index (χ1) is 18.7. The molecule has 3 aromatic carbocycles. The monoisotopic (exact) mass is 545 g/mol. The van der Waals surface area contributed by atoms with Crippen LogP contribution < -0.4 is 24.2 Å². The van der Waals surface area contributed by atoms with E-state index in [0.717, 1.165) is 11.1 Å². The number of hydrogen-bond acceptors (Lipinski definition) is 8. The molecule has 39 heavy (non-hydrogen) atoms. The van der Waals surface area contributed by atoms with Crippen LogP contribution in [-0.4, -0.2) is 29.7 Å². The Labute approximate surface area is 227 Å². The Balaban J connectivity index is 1.78. The Kier molecular flexibility index (Phi) is 6.62. The summed E-state index contributed by atoms with van der Waals surface area (Å²) in [5.41, 5.74) is 9.49. The van der Waals surface area contributed by atoms with Gasteiger partial charge in [-0.3, -0.25) is 4.31 Å². The quantitative estimate of drug-likeness (QED) is 0.479. The average Bonchev–Trinajstić information content (AvgIpc) is 2.94. The van der Waals surface area contributed by atoms with Crippen LogP contribution in [0.15, 0.2) is 77.0 Å². The number of para-hydroxylation sites is 1. The van der Waals surface area contributed by atoms with Crippen LogP contribution in [0.1, 0.15) is 28.2 Å². The number of sulfonamides is 1. The molecule has 200 valence electrons. The fraction of sp³-hybridized carbons (Fsp3) is 0.207. The molecule has 0 aliphatic carbocycles. The number of methoxy groups -OCH3 is 3. The van der Waals surface area contributed by atoms with E-state index < -0.39 is 15.9 Å². The van der Waals surface area contributed by atoms with Gasteiger partial charge in [-0.05, 0) is 42.3 Å². The molecule has 3 aromatic rings. The zero-order valence-electron chi connectivity index (χ0n) is 21.9. The number of rotatable bonds is 6. The summed E-state index contributed by atoms with van der Waals surface area (Å²) in [6.45, 7) is 2.05. The normalized spacial score (nSPS) is 17.5. The molecule has 1 atom stereocenters. The third-order valence-corrected chi connectivity index (χ3v) is 8.71. The molecule has 0 saturated heterocycles. The van der Waals surface area contributed by atoms with E-state index >= 15 is 0 Å². The maximum atomic E-state index is 14.5. The number of benzene rings is 3. The third-order valence-electron chi connectivity index (χ3n) is 6.83. The summed E-state index contributed by atoms with van der Waals surface area (Å²) in [4.78, 5) is -0.0895. The number of anilines is 1. The second kappa shape index (κ2) is 9.93. The van der Waals surface area contributed by atoms with Gasteiger partial charge in [-0.15, -0.1) is 0 Å². The number of nitriles is 1. The van der Waals surface area contributed by atoms with Gasteiger partial charge < -0.3 is 24.7 Å². The predicted octanol–water partition coefficient (Wildman–Crippen LogP) is 4.55. The van der Waals surface area contributed by atoms with Crippen molar-refractivity contribution in [2.45, 2.75) is 19.4 Å². The average molecular weight is 546 g/mol. The van der Waals surface area contributed by atoms with Crippen molar-refractivity contribution in [1.29, 1.82) is 5.26 Å². The summed E-state index contributed by atoms with van der Waals surface area (Å²) >= 11 is 0. The van der Waals surface area contributed by atoms with E-state index in [9.17, 15) is 13.7 Å². The van der Waals surface area contributed by atoms with Crippen molar-refractivity contribution >= 4 is 21.5 Å². The lowest BCUT2D eigenvalue weighted by Gasteiger charge is -2.38. The minimum absolute atomic E-state index is 0.0405. The van der Waals surface area contributed by atoms with Gasteiger partial charge in [0.1, 0.15) is 16.5 Å². The molecule has 1 unspecified atom stereocenters. The highest BCUT2D eigenvalue weighted by molar-refractivity contribution is 7.96. The molecule has 2 heterocycles. The van der Waals surface area contributed by atoms with Crippen LogP contribution in [0.25, 0.3) is 5.76 Å². The maximum absolute atomic E-state index is 14.5. The molecule has 0 spiro atoms. The first kappa shape index (κ1) is 26.0. The second-order valence-electron chi connectivity index (χ2n) is 9.09. The molecule has 0 radical (unpaired) electrons. The van der Waals surface area contributed by atoms with Crippen LogP contribution in [0, 0.1) is 18.3 Å². The van der Waals surface area contributed by atoms with Crippen LogP contribution in [-0.2, 0) is 21.3 Å². The van der Waals surface area contributed by atoms with E-state index in [1.54, 1.807) is 36.4 Å². The molecule has 0 aromatic heterocycles. The number of fused-ring (bicyclic) bond motifs is 2. The van der Waals surface area contributed by atoms with Crippen LogP contribution in [0.5, 0.6) is 17.2 Å². The van der Waals surface area contributed by atoms with E-state index in [2.05, 4.69) is 6.07 Å². The fourth-order valence-corrected chi connectivity index (χ4v) is 6.85. The largest absolute Gasteiger partial charge is 0.493 e. The number of nitrogens with zero attached hydrogens (tertiary/aromatic N) is 2. The number of nitrogens with two attached hydrogens (primary N) is 1. The van der Waals surface area contributed by atoms with Gasteiger partial charge >= 0.3 is 0 Å². The summed E-state index contributed by atoms with van der Waals surface area (Å²) in [5.74, 6) is -0.236. The molecule has 9 nitrogen and oxygen atoms in total. The van der Waals surface area contributed by atoms with Crippen LogP contribution in [0.4, 0.5) is 5.69 Å². The SMILES string of the molecule is COc1cc(C2C(C#N)=C(N)OC3=C2S(=O)(=O)N(Cc2ccc(C)cc2)c2ccccc23)cc(OC)c1OC. The lowest BCUT2D eigenvalue weighted by Crippen LogP contribution is -2.39. The van der Waals surface area contributed by atoms with Gasteiger partial charge in [0.15, 0.2) is 17.3 Å². The van der Waals surface area contributed by atoms with Crippen molar-refractivity contribution in [2.75, 3.05) is 25.6 Å². The molecule has 0 bridgehead atoms. The van der Waals surface area contributed by atoms with Crippen LogP contribution in [0.3, 0.4) is 0 Å². The summed E-state index contributed by atoms with van der Waals surface area (Å²) in [7, 11) is 0.162. The van der Waals surface area contributed by atoms with E-state index in [0.29, 0.717) is 34.1 Å². The number of ether oxygens (including phenoxy) is 4. The molecule has 2 aliphatic heterocycles. The smallest absolute Gasteiger partial charge is 0.265 e. The van der Waals surface area contributed by atoms with Gasteiger partial charge in [0.05, 0.1) is 39.5 Å². The molecule has 10 heteroatoms. The Morgan fingerprint density at radius 3 is 2.23 bits per heavy atom. The molecule has 2 N–H and O–H groups in total. The van der Waals surface area contributed by atoms with E-state index in [-0.39, 0.29) is 28.7 Å². The van der Waals surface area contributed by atoms with Gasteiger partial charge in [-0.1, -0.05) is 42.0 Å². The van der Waals surface area contributed by atoms with Crippen molar-refractivity contribution in [3.05, 3.63) is 99.3 Å². The zero-order valence-corrected chi connectivity index (χ0v) is 22.7. The molecule has 0 fully saturated rings. The van der Waals surface area contributed by atoms with Crippen molar-refractivity contribution < 1.29 is 27.4 Å². The van der Waals surface area contributed by atoms with Gasteiger partial charge in [-0.25, -0.2) is 8.42 Å². The highest BCUT2D eigenvalue weighted by Gasteiger charge is 2.47. The number of aryl methyl sites for hydroxylation is 1. The van der Waals surface area contributed by atoms with Crippen molar-refractivity contribution in [2.24, 2.45) is 5.73 Å². The van der Waals surface area contributed by atoms with Crippen molar-refractivity contribution in [3.8, 4) is 23.3 Å². The van der Waals surface area contributed by atoms with E-state index in [1.807, 2.05) is 31.2 Å². The highest BCUT2D eigenvalue weighted by Crippen LogP contribution is 2.53. The van der Waals surface area contributed by atoms with Gasteiger partial charge in [0.25, 0.3) is 10.0 Å².